The van der Waals surface area contributed by atoms with Gasteiger partial charge >= 0.3 is 12.5 Å². The molecule has 1 aliphatic carbocycles. The number of anilines is 1. The van der Waals surface area contributed by atoms with Gasteiger partial charge in [0.25, 0.3) is 0 Å². The van der Waals surface area contributed by atoms with Crippen molar-refractivity contribution in [1.82, 2.24) is 0 Å². The average Bonchev–Trinajstić information content (AvgIpc) is 2.77. The van der Waals surface area contributed by atoms with E-state index in [-0.39, 0.29) is 16.9 Å². The van der Waals surface area contributed by atoms with E-state index in [9.17, 15) is 22.4 Å². The third kappa shape index (κ3) is 3.83. The van der Waals surface area contributed by atoms with Crippen molar-refractivity contribution in [2.24, 2.45) is 5.41 Å². The normalized spacial score (nSPS) is 19.6. The van der Waals surface area contributed by atoms with Crippen LogP contribution in [0.15, 0.2) is 66.2 Å². The van der Waals surface area contributed by atoms with Gasteiger partial charge in [-0.3, -0.25) is 4.79 Å². The summed E-state index contributed by atoms with van der Waals surface area (Å²) in [6.07, 6.45) is -7.55. The van der Waals surface area contributed by atoms with E-state index in [1.807, 2.05) is 36.4 Å². The second kappa shape index (κ2) is 7.86. The van der Waals surface area contributed by atoms with Gasteiger partial charge in [0.05, 0.1) is 6.04 Å². The molecule has 1 aliphatic heterocycles. The number of allylic oxidation sites excluding steroid dienone is 1. The largest absolute Gasteiger partial charge is 0.461 e. The fraction of sp³-hybridized carbons (Fsp3) is 0.296. The zero-order valence-electron chi connectivity index (χ0n) is 18.7. The van der Waals surface area contributed by atoms with Crippen molar-refractivity contribution in [3.8, 4) is 5.75 Å². The first kappa shape index (κ1) is 22.4. The maximum Gasteiger partial charge on any atom is 0.461 e. The summed E-state index contributed by atoms with van der Waals surface area (Å²) in [7, 11) is 0. The van der Waals surface area contributed by atoms with Crippen LogP contribution in [-0.2, 0) is 4.79 Å². The summed E-state index contributed by atoms with van der Waals surface area (Å²) in [5.41, 5.74) is 3.57. The van der Waals surface area contributed by atoms with Gasteiger partial charge in [-0.05, 0) is 51.9 Å². The predicted octanol–water partition coefficient (Wildman–Crippen LogP) is 7.39. The lowest BCUT2D eigenvalue weighted by atomic mass is 9.68. The van der Waals surface area contributed by atoms with Gasteiger partial charge in [-0.2, -0.15) is 17.6 Å². The highest BCUT2D eigenvalue weighted by Gasteiger charge is 2.44. The molecule has 34 heavy (non-hydrogen) atoms. The van der Waals surface area contributed by atoms with Crippen molar-refractivity contribution in [3.63, 3.8) is 0 Å². The maximum absolute atomic E-state index is 13.5. The molecule has 0 saturated carbocycles. The van der Waals surface area contributed by atoms with Crippen LogP contribution in [0.3, 0.4) is 0 Å². The monoisotopic (exact) mass is 469 g/mol. The van der Waals surface area contributed by atoms with E-state index in [1.165, 1.54) is 18.2 Å². The Balaban J connectivity index is 1.66. The van der Waals surface area contributed by atoms with Gasteiger partial charge < -0.3 is 10.1 Å². The summed E-state index contributed by atoms with van der Waals surface area (Å²) < 4.78 is 56.6. The van der Waals surface area contributed by atoms with Gasteiger partial charge in [0.15, 0.2) is 5.78 Å². The standard InChI is InChI=1S/C27H23F4NO2/c1-26(2)13-19-22-18-9-4-3-6-15(18)10-11-20(22)32-24(23(19)21(33)14-26)16-7-5-8-17(12-16)34-27(30,31)25(28)29/h3-12,24-25,32H,13-14H2,1-2H3. The predicted molar refractivity (Wildman–Crippen MR) is 123 cm³/mol. The Kier molecular flexibility index (Phi) is 5.19. The second-order valence-corrected chi connectivity index (χ2v) is 9.66. The van der Waals surface area contributed by atoms with Gasteiger partial charge in [0.2, 0.25) is 0 Å². The van der Waals surface area contributed by atoms with Crippen LogP contribution in [0.2, 0.25) is 0 Å². The molecule has 3 aromatic carbocycles. The summed E-state index contributed by atoms with van der Waals surface area (Å²) >= 11 is 0. The summed E-state index contributed by atoms with van der Waals surface area (Å²) in [6.45, 7) is 4.11. The number of benzene rings is 3. The Morgan fingerprint density at radius 3 is 2.56 bits per heavy atom. The van der Waals surface area contributed by atoms with Gasteiger partial charge in [-0.1, -0.05) is 56.3 Å². The Labute approximate surface area is 194 Å². The van der Waals surface area contributed by atoms with Gasteiger partial charge in [0, 0.05) is 23.2 Å². The third-order valence-electron chi connectivity index (χ3n) is 6.44. The molecule has 0 bridgehead atoms. The molecule has 0 spiro atoms. The highest BCUT2D eigenvalue weighted by Crippen LogP contribution is 2.52. The number of alkyl halides is 4. The number of Topliss-reactive ketones (excluding diaryl/α,β-unsaturated/α-hetero) is 1. The lowest BCUT2D eigenvalue weighted by molar-refractivity contribution is -0.253. The Morgan fingerprint density at radius 1 is 1.03 bits per heavy atom. The van der Waals surface area contributed by atoms with Crippen LogP contribution in [0.5, 0.6) is 5.75 Å². The van der Waals surface area contributed by atoms with Crippen molar-refractivity contribution in [2.45, 2.75) is 45.3 Å². The molecule has 1 heterocycles. The quantitative estimate of drug-likeness (QED) is 0.405. The van der Waals surface area contributed by atoms with Crippen LogP contribution in [-0.4, -0.2) is 18.3 Å². The minimum atomic E-state index is -4.61. The van der Waals surface area contributed by atoms with Crippen LogP contribution in [0.1, 0.15) is 43.9 Å². The molecule has 3 nitrogen and oxygen atoms in total. The second-order valence-electron chi connectivity index (χ2n) is 9.66. The molecule has 3 aromatic rings. The summed E-state index contributed by atoms with van der Waals surface area (Å²) in [5.74, 6) is -0.411. The molecule has 0 fully saturated rings. The van der Waals surface area contributed by atoms with E-state index in [2.05, 4.69) is 23.9 Å². The topological polar surface area (TPSA) is 38.3 Å². The van der Waals surface area contributed by atoms with Gasteiger partial charge in [-0.25, -0.2) is 0 Å². The SMILES string of the molecule is CC1(C)CC(=O)C2=C(C1)c1c(ccc3ccccc13)NC2c1cccc(OC(F)(F)C(F)F)c1. The first-order valence-corrected chi connectivity index (χ1v) is 11.1. The number of carbonyl (C=O) groups is 1. The van der Waals surface area contributed by atoms with Crippen molar-refractivity contribution in [2.75, 3.05) is 5.32 Å². The molecule has 2 aliphatic rings. The molecule has 1 atom stereocenters. The van der Waals surface area contributed by atoms with E-state index in [1.54, 1.807) is 6.07 Å². The maximum atomic E-state index is 13.5. The van der Waals surface area contributed by atoms with Crippen LogP contribution in [0.4, 0.5) is 23.2 Å². The number of ketones is 1. The van der Waals surface area contributed by atoms with Crippen LogP contribution >= 0.6 is 0 Å². The number of hydrogen-bond acceptors (Lipinski definition) is 3. The number of ether oxygens (including phenoxy) is 1. The Hall–Kier alpha value is -3.35. The highest BCUT2D eigenvalue weighted by molar-refractivity contribution is 6.12. The summed E-state index contributed by atoms with van der Waals surface area (Å²) in [5, 5.41) is 5.48. The zero-order chi connectivity index (χ0) is 24.3. The molecular weight excluding hydrogens is 446 g/mol. The molecular formula is C27H23F4NO2. The van der Waals surface area contributed by atoms with Crippen molar-refractivity contribution in [3.05, 3.63) is 77.4 Å². The highest BCUT2D eigenvalue weighted by atomic mass is 19.3. The summed E-state index contributed by atoms with van der Waals surface area (Å²) in [4.78, 5) is 13.4. The van der Waals surface area contributed by atoms with Gasteiger partial charge in [-0.15, -0.1) is 0 Å². The fourth-order valence-corrected chi connectivity index (χ4v) is 5.05. The molecule has 1 unspecified atom stereocenters. The molecule has 0 amide bonds. The Bertz CT molecular complexity index is 1330. The van der Waals surface area contributed by atoms with Crippen molar-refractivity contribution < 1.29 is 27.1 Å². The average molecular weight is 469 g/mol. The fourth-order valence-electron chi connectivity index (χ4n) is 5.05. The third-order valence-corrected chi connectivity index (χ3v) is 6.44. The summed E-state index contributed by atoms with van der Waals surface area (Å²) in [6, 6.07) is 16.9. The molecule has 7 heteroatoms. The van der Waals surface area contributed by atoms with Crippen molar-refractivity contribution >= 4 is 27.8 Å². The van der Waals surface area contributed by atoms with E-state index < -0.39 is 18.6 Å². The number of hydrogen-bond donors (Lipinski definition) is 1. The number of rotatable bonds is 4. The molecule has 176 valence electrons. The molecule has 0 radical (unpaired) electrons. The first-order chi connectivity index (χ1) is 16.1. The number of nitrogens with one attached hydrogen (secondary N) is 1. The Morgan fingerprint density at radius 2 is 1.79 bits per heavy atom. The number of carbonyl (C=O) groups excluding carboxylic acids is 1. The van der Waals surface area contributed by atoms with Gasteiger partial charge in [0.1, 0.15) is 5.75 Å². The zero-order valence-corrected chi connectivity index (χ0v) is 18.7. The number of fused-ring (bicyclic) bond motifs is 4. The molecule has 0 saturated heterocycles. The van der Waals surface area contributed by atoms with E-state index >= 15 is 0 Å². The smallest absolute Gasteiger partial charge is 0.428 e. The van der Waals surface area contributed by atoms with Crippen LogP contribution < -0.4 is 10.1 Å². The minimum absolute atomic E-state index is 0.0217. The van der Waals surface area contributed by atoms with E-state index in [0.29, 0.717) is 24.0 Å². The lowest BCUT2D eigenvalue weighted by Crippen LogP contribution is -2.34. The van der Waals surface area contributed by atoms with Crippen LogP contribution in [0.25, 0.3) is 16.3 Å². The first-order valence-electron chi connectivity index (χ1n) is 11.1. The van der Waals surface area contributed by atoms with Crippen LogP contribution in [0, 0.1) is 5.41 Å². The lowest BCUT2D eigenvalue weighted by Gasteiger charge is -2.40. The minimum Gasteiger partial charge on any atom is -0.428 e. The van der Waals surface area contributed by atoms with E-state index in [0.717, 1.165) is 27.6 Å². The van der Waals surface area contributed by atoms with Crippen molar-refractivity contribution in [1.29, 1.82) is 0 Å². The molecule has 0 aromatic heterocycles. The van der Waals surface area contributed by atoms with E-state index in [4.69, 9.17) is 0 Å². The molecule has 5 rings (SSSR count). The number of halogens is 4. The molecule has 1 N–H and O–H groups in total.